The molecule has 36 heavy (non-hydrogen) atoms. The fourth-order valence-corrected chi connectivity index (χ4v) is 6.47. The molecular weight excluding hydrogens is 454 g/mol. The molecule has 2 aliphatic carbocycles. The zero-order valence-corrected chi connectivity index (χ0v) is 21.6. The average Bonchev–Trinajstić information content (AvgIpc) is 2.87. The van der Waals surface area contributed by atoms with Gasteiger partial charge in [0.15, 0.2) is 0 Å². The predicted molar refractivity (Wildman–Crippen MR) is 137 cm³/mol. The van der Waals surface area contributed by atoms with E-state index in [0.29, 0.717) is 19.1 Å². The van der Waals surface area contributed by atoms with E-state index in [9.17, 15) is 9.59 Å². The Hall–Kier alpha value is -3.02. The van der Waals surface area contributed by atoms with Crippen LogP contribution in [0.2, 0.25) is 0 Å². The highest BCUT2D eigenvalue weighted by Gasteiger charge is 2.55. The predicted octanol–water partition coefficient (Wildman–Crippen LogP) is 6.01. The molecule has 1 amide bonds. The van der Waals surface area contributed by atoms with E-state index in [-0.39, 0.29) is 30.3 Å². The van der Waals surface area contributed by atoms with Gasteiger partial charge in [-0.1, -0.05) is 49.2 Å². The highest BCUT2D eigenvalue weighted by Crippen LogP contribution is 2.56. The molecule has 0 unspecified atom stereocenters. The van der Waals surface area contributed by atoms with Gasteiger partial charge in [0.25, 0.3) is 0 Å². The Morgan fingerprint density at radius 3 is 2.61 bits per heavy atom. The van der Waals surface area contributed by atoms with Crippen LogP contribution in [0.15, 0.2) is 48.5 Å². The monoisotopic (exact) mass is 491 g/mol. The van der Waals surface area contributed by atoms with Crippen molar-refractivity contribution in [2.75, 3.05) is 13.3 Å². The standard InChI is InChI=1S/C30H37NO5/c1-29(2,3)27(32)36-20-35-23-13-12-22-17-26-24-11-7-8-14-30(24,25(22)18-23)15-16-31(26)28(33)34-19-21-9-5-4-6-10-21/h4-6,9-10,12-13,18,24,26H,7-8,11,14-17,19-20H2,1-3H3/t24-,26-,30+/m1/s1. The van der Waals surface area contributed by atoms with Gasteiger partial charge in [0.05, 0.1) is 5.41 Å². The van der Waals surface area contributed by atoms with Crippen molar-refractivity contribution in [1.82, 2.24) is 4.90 Å². The third-order valence-electron chi connectivity index (χ3n) is 8.28. The smallest absolute Gasteiger partial charge is 0.410 e. The molecule has 6 nitrogen and oxygen atoms in total. The number of nitrogens with zero attached hydrogens (tertiary/aromatic N) is 1. The van der Waals surface area contributed by atoms with Crippen LogP contribution in [-0.2, 0) is 32.7 Å². The molecule has 5 rings (SSSR count). The van der Waals surface area contributed by atoms with Crippen molar-refractivity contribution in [3.63, 3.8) is 0 Å². The Labute approximate surface area is 213 Å². The van der Waals surface area contributed by atoms with Crippen LogP contribution in [0.4, 0.5) is 4.79 Å². The number of benzene rings is 2. The van der Waals surface area contributed by atoms with E-state index in [1.807, 2.05) is 62.1 Å². The van der Waals surface area contributed by atoms with Crippen LogP contribution < -0.4 is 4.74 Å². The zero-order valence-electron chi connectivity index (χ0n) is 21.6. The van der Waals surface area contributed by atoms with Crippen molar-refractivity contribution < 1.29 is 23.8 Å². The van der Waals surface area contributed by atoms with Gasteiger partial charge in [0.1, 0.15) is 12.4 Å². The van der Waals surface area contributed by atoms with Crippen LogP contribution in [0.3, 0.4) is 0 Å². The van der Waals surface area contributed by atoms with Crippen molar-refractivity contribution in [2.24, 2.45) is 11.3 Å². The molecular formula is C30H37NO5. The van der Waals surface area contributed by atoms with Gasteiger partial charge in [0.2, 0.25) is 6.79 Å². The Balaban J connectivity index is 1.33. The van der Waals surface area contributed by atoms with Gasteiger partial charge in [-0.05, 0) is 81.2 Å². The molecule has 0 aromatic heterocycles. The Morgan fingerprint density at radius 2 is 1.83 bits per heavy atom. The second-order valence-electron chi connectivity index (χ2n) is 11.5. The quantitative estimate of drug-likeness (QED) is 0.379. The topological polar surface area (TPSA) is 65.1 Å². The first-order valence-electron chi connectivity index (χ1n) is 13.2. The van der Waals surface area contributed by atoms with Crippen molar-refractivity contribution in [3.8, 4) is 5.75 Å². The summed E-state index contributed by atoms with van der Waals surface area (Å²) in [5, 5.41) is 0. The third-order valence-corrected chi connectivity index (χ3v) is 8.28. The number of piperidine rings is 1. The maximum atomic E-state index is 13.2. The summed E-state index contributed by atoms with van der Waals surface area (Å²) in [5.74, 6) is 0.879. The number of rotatable bonds is 5. The van der Waals surface area contributed by atoms with Crippen molar-refractivity contribution in [3.05, 3.63) is 65.2 Å². The summed E-state index contributed by atoms with van der Waals surface area (Å²) >= 11 is 0. The SMILES string of the molecule is CC(C)(C)C(=O)OCOc1ccc2c(c1)[C@]13CCCC[C@@H]1[C@@H](C2)N(C(=O)OCc1ccccc1)CC3. The number of likely N-dealkylation sites (tertiary alicyclic amines) is 1. The number of hydrogen-bond donors (Lipinski definition) is 0. The molecule has 0 radical (unpaired) electrons. The molecule has 2 aromatic rings. The molecule has 0 N–H and O–H groups in total. The molecule has 2 aromatic carbocycles. The highest BCUT2D eigenvalue weighted by molar-refractivity contribution is 5.75. The second-order valence-corrected chi connectivity index (χ2v) is 11.5. The van der Waals surface area contributed by atoms with Gasteiger partial charge in [-0.2, -0.15) is 0 Å². The van der Waals surface area contributed by atoms with Crippen LogP contribution in [0, 0.1) is 11.3 Å². The Kier molecular flexibility index (Phi) is 6.71. The number of amides is 1. The van der Waals surface area contributed by atoms with Crippen LogP contribution >= 0.6 is 0 Å². The maximum absolute atomic E-state index is 13.2. The van der Waals surface area contributed by atoms with Gasteiger partial charge >= 0.3 is 12.1 Å². The molecule has 192 valence electrons. The number of carbonyl (C=O) groups is 2. The first kappa shape index (κ1) is 24.7. The van der Waals surface area contributed by atoms with Crippen LogP contribution in [0.25, 0.3) is 0 Å². The Bertz CT molecular complexity index is 1110. The first-order chi connectivity index (χ1) is 17.3. The third kappa shape index (κ3) is 4.70. The maximum Gasteiger partial charge on any atom is 0.410 e. The fourth-order valence-electron chi connectivity index (χ4n) is 6.47. The van der Waals surface area contributed by atoms with Gasteiger partial charge in [-0.3, -0.25) is 4.79 Å². The van der Waals surface area contributed by atoms with E-state index < -0.39 is 5.41 Å². The van der Waals surface area contributed by atoms with E-state index in [1.165, 1.54) is 24.0 Å². The lowest BCUT2D eigenvalue weighted by Crippen LogP contribution is -2.62. The summed E-state index contributed by atoms with van der Waals surface area (Å²) in [6.07, 6.45) is 6.23. The number of carbonyl (C=O) groups excluding carboxylic acids is 2. The molecule has 3 atom stereocenters. The lowest BCUT2D eigenvalue weighted by molar-refractivity contribution is -0.159. The lowest BCUT2D eigenvalue weighted by atomic mass is 9.52. The summed E-state index contributed by atoms with van der Waals surface area (Å²) < 4.78 is 16.9. The van der Waals surface area contributed by atoms with Gasteiger partial charge in [-0.15, -0.1) is 0 Å². The van der Waals surface area contributed by atoms with E-state index in [1.54, 1.807) is 0 Å². The number of hydrogen-bond acceptors (Lipinski definition) is 5. The summed E-state index contributed by atoms with van der Waals surface area (Å²) in [4.78, 5) is 27.3. The summed E-state index contributed by atoms with van der Waals surface area (Å²) in [7, 11) is 0. The molecule has 1 heterocycles. The molecule has 1 saturated heterocycles. The van der Waals surface area contributed by atoms with E-state index in [2.05, 4.69) is 12.1 Å². The molecule has 6 heteroatoms. The molecule has 1 saturated carbocycles. The molecule has 1 aliphatic heterocycles. The Morgan fingerprint density at radius 1 is 1.03 bits per heavy atom. The fraction of sp³-hybridized carbons (Fsp3) is 0.533. The minimum absolute atomic E-state index is 0.0637. The number of fused-ring (bicyclic) bond motifs is 1. The minimum atomic E-state index is -0.557. The van der Waals surface area contributed by atoms with Crippen molar-refractivity contribution in [2.45, 2.75) is 77.4 Å². The highest BCUT2D eigenvalue weighted by atomic mass is 16.7. The van der Waals surface area contributed by atoms with Gasteiger partial charge in [0, 0.05) is 18.0 Å². The molecule has 3 aliphatic rings. The van der Waals surface area contributed by atoms with Crippen LogP contribution in [0.1, 0.15) is 69.6 Å². The van der Waals surface area contributed by atoms with Crippen LogP contribution in [-0.4, -0.2) is 36.3 Å². The normalized spacial score (nSPS) is 24.8. The minimum Gasteiger partial charge on any atom is -0.457 e. The first-order valence-corrected chi connectivity index (χ1v) is 13.2. The average molecular weight is 492 g/mol. The van der Waals surface area contributed by atoms with Gasteiger partial charge in [-0.25, -0.2) is 4.79 Å². The van der Waals surface area contributed by atoms with Crippen molar-refractivity contribution in [1.29, 1.82) is 0 Å². The number of esters is 1. The van der Waals surface area contributed by atoms with Crippen molar-refractivity contribution >= 4 is 12.1 Å². The number of ether oxygens (including phenoxy) is 3. The molecule has 0 spiro atoms. The van der Waals surface area contributed by atoms with Crippen LogP contribution in [0.5, 0.6) is 5.75 Å². The van der Waals surface area contributed by atoms with E-state index in [0.717, 1.165) is 37.0 Å². The summed E-state index contributed by atoms with van der Waals surface area (Å²) in [6, 6.07) is 16.3. The van der Waals surface area contributed by atoms with E-state index in [4.69, 9.17) is 14.2 Å². The largest absolute Gasteiger partial charge is 0.457 e. The van der Waals surface area contributed by atoms with E-state index >= 15 is 0 Å². The zero-order chi connectivity index (χ0) is 25.3. The molecule has 2 fully saturated rings. The lowest BCUT2D eigenvalue weighted by Gasteiger charge is -2.58. The van der Waals surface area contributed by atoms with Gasteiger partial charge < -0.3 is 19.1 Å². The summed E-state index contributed by atoms with van der Waals surface area (Å²) in [5.41, 5.74) is 3.16. The molecule has 2 bridgehead atoms. The second kappa shape index (κ2) is 9.79. The summed E-state index contributed by atoms with van der Waals surface area (Å²) in [6.45, 7) is 6.41.